The summed E-state index contributed by atoms with van der Waals surface area (Å²) in [5.41, 5.74) is 3.36. The van der Waals surface area contributed by atoms with E-state index in [2.05, 4.69) is 41.8 Å². The number of aromatic nitrogens is 4. The van der Waals surface area contributed by atoms with E-state index in [-0.39, 0.29) is 0 Å². The lowest BCUT2D eigenvalue weighted by atomic mass is 10.3. The number of aryl methyl sites for hydroxylation is 3. The highest BCUT2D eigenvalue weighted by molar-refractivity contribution is 5.45. The Hall–Kier alpha value is -1.78. The van der Waals surface area contributed by atoms with Crippen molar-refractivity contribution in [3.05, 3.63) is 29.8 Å². The molecule has 5 nitrogen and oxygen atoms in total. The molecule has 0 aliphatic rings. The number of anilines is 1. The van der Waals surface area contributed by atoms with Crippen molar-refractivity contribution in [1.82, 2.24) is 19.6 Å². The van der Waals surface area contributed by atoms with Crippen LogP contribution >= 0.6 is 0 Å². The molecule has 2 rings (SSSR count). The monoisotopic (exact) mass is 261 g/mol. The Morgan fingerprint density at radius 1 is 1.11 bits per heavy atom. The van der Waals surface area contributed by atoms with Crippen molar-refractivity contribution in [2.45, 2.75) is 53.2 Å². The zero-order valence-corrected chi connectivity index (χ0v) is 12.1. The van der Waals surface area contributed by atoms with Crippen molar-refractivity contribution < 1.29 is 0 Å². The first-order valence-electron chi connectivity index (χ1n) is 7.02. The molecule has 0 aromatic carbocycles. The molecule has 0 amide bonds. The first-order chi connectivity index (χ1) is 9.22. The predicted molar refractivity (Wildman–Crippen MR) is 77.1 cm³/mol. The average Bonchev–Trinajstić information content (AvgIpc) is 2.95. The highest BCUT2D eigenvalue weighted by atomic mass is 15.3. The Balaban J connectivity index is 1.93. The maximum absolute atomic E-state index is 4.48. The molecule has 0 bridgehead atoms. The Labute approximate surface area is 114 Å². The second kappa shape index (κ2) is 6.41. The van der Waals surface area contributed by atoms with E-state index in [1.807, 2.05) is 22.5 Å². The zero-order chi connectivity index (χ0) is 13.7. The number of rotatable bonds is 7. The fraction of sp³-hybridized carbons (Fsp3) is 0.571. The lowest BCUT2D eigenvalue weighted by Crippen LogP contribution is -1.99. The first-order valence-corrected chi connectivity index (χ1v) is 7.02. The van der Waals surface area contributed by atoms with Gasteiger partial charge < -0.3 is 5.32 Å². The Morgan fingerprint density at radius 3 is 2.58 bits per heavy atom. The number of hydrogen-bond acceptors (Lipinski definition) is 3. The molecule has 0 atom stereocenters. The molecule has 5 heteroatoms. The summed E-state index contributed by atoms with van der Waals surface area (Å²) in [6.45, 7) is 9.10. The smallest absolute Gasteiger partial charge is 0.0825 e. The molecule has 19 heavy (non-hydrogen) atoms. The lowest BCUT2D eigenvalue weighted by Gasteiger charge is -2.02. The Bertz CT molecular complexity index is 512. The SMILES string of the molecule is CCCn1cc(CNc2cn(CCC)nc2C)cn1. The van der Waals surface area contributed by atoms with E-state index in [1.165, 1.54) is 5.56 Å². The highest BCUT2D eigenvalue weighted by Gasteiger charge is 2.05. The molecule has 0 saturated heterocycles. The molecule has 1 N–H and O–H groups in total. The first kappa shape index (κ1) is 13.6. The summed E-state index contributed by atoms with van der Waals surface area (Å²) in [4.78, 5) is 0. The van der Waals surface area contributed by atoms with Gasteiger partial charge in [0.15, 0.2) is 0 Å². The van der Waals surface area contributed by atoms with Gasteiger partial charge in [-0.1, -0.05) is 13.8 Å². The van der Waals surface area contributed by atoms with Crippen LogP contribution in [0.3, 0.4) is 0 Å². The molecule has 0 fully saturated rings. The van der Waals surface area contributed by atoms with E-state index in [4.69, 9.17) is 0 Å². The zero-order valence-electron chi connectivity index (χ0n) is 12.1. The van der Waals surface area contributed by atoms with Crippen LogP contribution in [0.2, 0.25) is 0 Å². The standard InChI is InChI=1S/C14H23N5/c1-4-6-18-10-13(9-16-18)8-15-14-11-19(7-5-2)17-12(14)3/h9-11,15H,4-8H2,1-3H3. The van der Waals surface area contributed by atoms with Gasteiger partial charge in [0.25, 0.3) is 0 Å². The molecule has 104 valence electrons. The second-order valence-electron chi connectivity index (χ2n) is 4.86. The molecular formula is C14H23N5. The highest BCUT2D eigenvalue weighted by Crippen LogP contribution is 2.14. The summed E-state index contributed by atoms with van der Waals surface area (Å²) in [5.74, 6) is 0. The maximum atomic E-state index is 4.48. The molecule has 0 spiro atoms. The van der Waals surface area contributed by atoms with Crippen molar-refractivity contribution in [2.24, 2.45) is 0 Å². The summed E-state index contributed by atoms with van der Waals surface area (Å²) < 4.78 is 3.99. The number of nitrogens with one attached hydrogen (secondary N) is 1. The van der Waals surface area contributed by atoms with Crippen LogP contribution in [0.4, 0.5) is 5.69 Å². The van der Waals surface area contributed by atoms with Gasteiger partial charge in [0, 0.05) is 37.6 Å². The normalized spacial score (nSPS) is 10.9. The Kier molecular flexibility index (Phi) is 4.60. The van der Waals surface area contributed by atoms with Gasteiger partial charge in [-0.3, -0.25) is 9.36 Å². The summed E-state index contributed by atoms with van der Waals surface area (Å²) >= 11 is 0. The predicted octanol–water partition coefficient (Wildman–Crippen LogP) is 2.82. The molecule has 0 radical (unpaired) electrons. The van der Waals surface area contributed by atoms with Crippen molar-refractivity contribution in [3.63, 3.8) is 0 Å². The minimum absolute atomic E-state index is 0.794. The van der Waals surface area contributed by atoms with Crippen LogP contribution in [0.5, 0.6) is 0 Å². The number of hydrogen-bond donors (Lipinski definition) is 1. The van der Waals surface area contributed by atoms with Crippen LogP contribution in [-0.2, 0) is 19.6 Å². The van der Waals surface area contributed by atoms with E-state index in [9.17, 15) is 0 Å². The van der Waals surface area contributed by atoms with Gasteiger partial charge in [-0.05, 0) is 19.8 Å². The largest absolute Gasteiger partial charge is 0.378 e. The molecule has 0 saturated carbocycles. The van der Waals surface area contributed by atoms with Gasteiger partial charge in [-0.2, -0.15) is 10.2 Å². The molecular weight excluding hydrogens is 238 g/mol. The van der Waals surface area contributed by atoms with Crippen LogP contribution in [0.25, 0.3) is 0 Å². The molecule has 0 aliphatic heterocycles. The van der Waals surface area contributed by atoms with Crippen LogP contribution < -0.4 is 5.32 Å². The molecule has 0 aliphatic carbocycles. The summed E-state index contributed by atoms with van der Waals surface area (Å²) in [7, 11) is 0. The minimum Gasteiger partial charge on any atom is -0.378 e. The van der Waals surface area contributed by atoms with Crippen LogP contribution in [0, 0.1) is 6.92 Å². The molecule has 2 heterocycles. The fourth-order valence-electron chi connectivity index (χ4n) is 2.08. The molecule has 2 aromatic heterocycles. The lowest BCUT2D eigenvalue weighted by molar-refractivity contribution is 0.598. The maximum Gasteiger partial charge on any atom is 0.0825 e. The molecule has 2 aromatic rings. The van der Waals surface area contributed by atoms with E-state index in [0.29, 0.717) is 0 Å². The third kappa shape index (κ3) is 3.59. The van der Waals surface area contributed by atoms with Crippen molar-refractivity contribution in [2.75, 3.05) is 5.32 Å². The van der Waals surface area contributed by atoms with Gasteiger partial charge in [-0.15, -0.1) is 0 Å². The van der Waals surface area contributed by atoms with E-state index < -0.39 is 0 Å². The van der Waals surface area contributed by atoms with Gasteiger partial charge in [0.2, 0.25) is 0 Å². The third-order valence-corrected chi connectivity index (χ3v) is 3.02. The van der Waals surface area contributed by atoms with E-state index >= 15 is 0 Å². The van der Waals surface area contributed by atoms with Crippen molar-refractivity contribution >= 4 is 5.69 Å². The average molecular weight is 261 g/mol. The Morgan fingerprint density at radius 2 is 1.84 bits per heavy atom. The van der Waals surface area contributed by atoms with Crippen molar-refractivity contribution in [1.29, 1.82) is 0 Å². The van der Waals surface area contributed by atoms with Crippen LogP contribution in [0.15, 0.2) is 18.6 Å². The summed E-state index contributed by atoms with van der Waals surface area (Å²) in [6, 6.07) is 0. The third-order valence-electron chi connectivity index (χ3n) is 3.02. The fourth-order valence-corrected chi connectivity index (χ4v) is 2.08. The second-order valence-corrected chi connectivity index (χ2v) is 4.86. The van der Waals surface area contributed by atoms with Gasteiger partial charge in [0.05, 0.1) is 17.6 Å². The van der Waals surface area contributed by atoms with Crippen molar-refractivity contribution in [3.8, 4) is 0 Å². The summed E-state index contributed by atoms with van der Waals surface area (Å²) in [6.07, 6.45) is 8.31. The van der Waals surface area contributed by atoms with Gasteiger partial charge in [-0.25, -0.2) is 0 Å². The van der Waals surface area contributed by atoms with E-state index in [1.54, 1.807) is 0 Å². The minimum atomic E-state index is 0.794. The topological polar surface area (TPSA) is 47.7 Å². The van der Waals surface area contributed by atoms with Crippen LogP contribution in [0.1, 0.15) is 37.9 Å². The van der Waals surface area contributed by atoms with E-state index in [0.717, 1.165) is 43.9 Å². The van der Waals surface area contributed by atoms with Crippen LogP contribution in [-0.4, -0.2) is 19.6 Å². The van der Waals surface area contributed by atoms with Gasteiger partial charge in [0.1, 0.15) is 0 Å². The molecule has 0 unspecified atom stereocenters. The quantitative estimate of drug-likeness (QED) is 0.833. The number of nitrogens with zero attached hydrogens (tertiary/aromatic N) is 4. The van der Waals surface area contributed by atoms with Gasteiger partial charge >= 0.3 is 0 Å². The summed E-state index contributed by atoms with van der Waals surface area (Å²) in [5, 5.41) is 12.2.